The molecule has 20 heavy (non-hydrogen) atoms. The van der Waals surface area contributed by atoms with Crippen molar-refractivity contribution >= 4 is 40.7 Å². The van der Waals surface area contributed by atoms with E-state index in [4.69, 9.17) is 11.6 Å². The molecule has 0 saturated heterocycles. The zero-order valence-corrected chi connectivity index (χ0v) is 11.5. The molecule has 8 heteroatoms. The Bertz CT molecular complexity index is 671. The van der Waals surface area contributed by atoms with Crippen LogP contribution in [0.25, 0.3) is 0 Å². The third-order valence-electron chi connectivity index (χ3n) is 2.31. The van der Waals surface area contributed by atoms with Crippen LogP contribution in [-0.2, 0) is 0 Å². The first kappa shape index (κ1) is 14.2. The number of rotatable bonds is 4. The minimum Gasteiger partial charge on any atom is -0.267 e. The van der Waals surface area contributed by atoms with Gasteiger partial charge < -0.3 is 0 Å². The molecule has 1 aromatic heterocycles. The molecule has 0 unspecified atom stereocenters. The fourth-order valence-electron chi connectivity index (χ4n) is 1.38. The van der Waals surface area contributed by atoms with Crippen LogP contribution in [0.15, 0.2) is 40.8 Å². The number of carbonyl (C=O) groups excluding carboxylic acids is 1. The molecular formula is C12H8ClN3O3S. The minimum absolute atomic E-state index is 0.0198. The summed E-state index contributed by atoms with van der Waals surface area (Å²) in [5, 5.41) is 16.4. The number of nitro groups is 1. The van der Waals surface area contributed by atoms with E-state index in [2.05, 4.69) is 10.5 Å². The molecule has 1 N–H and O–H groups in total. The Morgan fingerprint density at radius 3 is 2.90 bits per heavy atom. The van der Waals surface area contributed by atoms with E-state index in [9.17, 15) is 14.9 Å². The molecule has 0 aliphatic rings. The monoisotopic (exact) mass is 309 g/mol. The molecule has 1 heterocycles. The maximum absolute atomic E-state index is 11.8. The quantitative estimate of drug-likeness (QED) is 0.535. The maximum Gasteiger partial charge on any atom is 0.288 e. The van der Waals surface area contributed by atoms with E-state index in [-0.39, 0.29) is 16.3 Å². The van der Waals surface area contributed by atoms with Crippen molar-refractivity contribution in [2.24, 2.45) is 5.10 Å². The Morgan fingerprint density at radius 2 is 2.25 bits per heavy atom. The number of amides is 1. The second-order valence-electron chi connectivity index (χ2n) is 3.64. The maximum atomic E-state index is 11.8. The Morgan fingerprint density at radius 1 is 1.45 bits per heavy atom. The zero-order valence-electron chi connectivity index (χ0n) is 9.95. The number of thiophene rings is 1. The van der Waals surface area contributed by atoms with Gasteiger partial charge in [0.05, 0.1) is 11.1 Å². The molecule has 6 nitrogen and oxygen atoms in total. The molecule has 2 rings (SSSR count). The lowest BCUT2D eigenvalue weighted by molar-refractivity contribution is -0.384. The molecule has 1 aromatic carbocycles. The normalized spacial score (nSPS) is 10.7. The van der Waals surface area contributed by atoms with Crippen LogP contribution in [0.5, 0.6) is 0 Å². The average Bonchev–Trinajstić information content (AvgIpc) is 2.92. The molecule has 102 valence electrons. The average molecular weight is 310 g/mol. The number of benzene rings is 1. The van der Waals surface area contributed by atoms with Gasteiger partial charge in [-0.1, -0.05) is 17.7 Å². The number of nitrogens with zero attached hydrogens (tertiary/aromatic N) is 2. The smallest absolute Gasteiger partial charge is 0.267 e. The standard InChI is InChI=1S/C12H8ClN3O3S/c13-10-4-3-8(6-11(10)16(18)19)12(17)15-14-7-9-2-1-5-20-9/h1-7H,(H,15,17)/b14-7-. The first-order valence-corrected chi connectivity index (χ1v) is 6.64. The number of nitrogens with one attached hydrogen (secondary N) is 1. The Labute approximate surface area is 122 Å². The van der Waals surface area contributed by atoms with Crippen molar-refractivity contribution in [3.05, 3.63) is 61.3 Å². The number of carbonyl (C=O) groups is 1. The molecular weight excluding hydrogens is 302 g/mol. The summed E-state index contributed by atoms with van der Waals surface area (Å²) in [6.07, 6.45) is 1.49. The summed E-state index contributed by atoms with van der Waals surface area (Å²) in [5.74, 6) is -0.544. The van der Waals surface area contributed by atoms with E-state index in [1.54, 1.807) is 0 Å². The van der Waals surface area contributed by atoms with Gasteiger partial charge in [-0.3, -0.25) is 14.9 Å². The molecule has 0 atom stereocenters. The van der Waals surface area contributed by atoms with Crippen LogP contribution in [0.2, 0.25) is 5.02 Å². The Kier molecular flexibility index (Phi) is 4.44. The largest absolute Gasteiger partial charge is 0.288 e. The number of nitro benzene ring substituents is 1. The van der Waals surface area contributed by atoms with Gasteiger partial charge in [-0.05, 0) is 23.6 Å². The first-order valence-electron chi connectivity index (χ1n) is 5.39. The van der Waals surface area contributed by atoms with E-state index in [0.717, 1.165) is 10.9 Å². The number of hydrogen-bond acceptors (Lipinski definition) is 5. The third-order valence-corrected chi connectivity index (χ3v) is 3.43. The fourth-order valence-corrected chi connectivity index (χ4v) is 2.15. The van der Waals surface area contributed by atoms with Gasteiger partial charge in [0.2, 0.25) is 0 Å². The highest BCUT2D eigenvalue weighted by atomic mass is 35.5. The van der Waals surface area contributed by atoms with E-state index in [0.29, 0.717) is 0 Å². The summed E-state index contributed by atoms with van der Waals surface area (Å²) in [4.78, 5) is 22.7. The first-order chi connectivity index (χ1) is 9.58. The Balaban J connectivity index is 2.09. The molecule has 0 spiro atoms. The summed E-state index contributed by atoms with van der Waals surface area (Å²) >= 11 is 7.14. The summed E-state index contributed by atoms with van der Waals surface area (Å²) in [6, 6.07) is 7.51. The van der Waals surface area contributed by atoms with E-state index < -0.39 is 10.8 Å². The molecule has 2 aromatic rings. The molecule has 0 aliphatic carbocycles. The van der Waals surface area contributed by atoms with Gasteiger partial charge in [-0.25, -0.2) is 5.43 Å². The molecule has 1 amide bonds. The molecule has 0 radical (unpaired) electrons. The van der Waals surface area contributed by atoms with Crippen molar-refractivity contribution in [1.29, 1.82) is 0 Å². The predicted octanol–water partition coefficient (Wildman–Crippen LogP) is 3.07. The van der Waals surface area contributed by atoms with Crippen molar-refractivity contribution in [1.82, 2.24) is 5.43 Å². The van der Waals surface area contributed by atoms with E-state index >= 15 is 0 Å². The zero-order chi connectivity index (χ0) is 14.5. The fraction of sp³-hybridized carbons (Fsp3) is 0. The molecule has 0 saturated carbocycles. The number of hydrazone groups is 1. The SMILES string of the molecule is O=C(N/N=C\c1cccs1)c1ccc(Cl)c([N+](=O)[O-])c1. The van der Waals surface area contributed by atoms with Crippen molar-refractivity contribution in [2.45, 2.75) is 0 Å². The lowest BCUT2D eigenvalue weighted by Gasteiger charge is -2.00. The van der Waals surface area contributed by atoms with Crippen LogP contribution in [-0.4, -0.2) is 17.0 Å². The molecule has 0 bridgehead atoms. The highest BCUT2D eigenvalue weighted by Gasteiger charge is 2.15. The van der Waals surface area contributed by atoms with Crippen molar-refractivity contribution in [2.75, 3.05) is 0 Å². The second kappa shape index (κ2) is 6.27. The molecule has 0 aliphatic heterocycles. The highest BCUT2D eigenvalue weighted by molar-refractivity contribution is 7.11. The van der Waals surface area contributed by atoms with Gasteiger partial charge in [-0.2, -0.15) is 5.10 Å². The summed E-state index contributed by atoms with van der Waals surface area (Å²) in [6.45, 7) is 0. The van der Waals surface area contributed by atoms with Crippen LogP contribution >= 0.6 is 22.9 Å². The van der Waals surface area contributed by atoms with Gasteiger partial charge in [0.15, 0.2) is 0 Å². The summed E-state index contributed by atoms with van der Waals surface area (Å²) < 4.78 is 0. The Hall–Kier alpha value is -2.25. The summed E-state index contributed by atoms with van der Waals surface area (Å²) in [7, 11) is 0. The van der Waals surface area contributed by atoms with Crippen molar-refractivity contribution in [3.63, 3.8) is 0 Å². The van der Waals surface area contributed by atoms with Crippen LogP contribution < -0.4 is 5.43 Å². The number of halogens is 1. The van der Waals surface area contributed by atoms with Gasteiger partial charge in [0.1, 0.15) is 5.02 Å². The third kappa shape index (κ3) is 3.40. The van der Waals surface area contributed by atoms with Crippen molar-refractivity contribution < 1.29 is 9.72 Å². The summed E-state index contributed by atoms with van der Waals surface area (Å²) in [5.41, 5.74) is 2.09. The minimum atomic E-state index is -0.645. The van der Waals surface area contributed by atoms with Gasteiger partial charge in [0.25, 0.3) is 11.6 Å². The van der Waals surface area contributed by atoms with Gasteiger partial charge in [-0.15, -0.1) is 11.3 Å². The van der Waals surface area contributed by atoms with Gasteiger partial charge >= 0.3 is 0 Å². The topological polar surface area (TPSA) is 84.6 Å². The van der Waals surface area contributed by atoms with Gasteiger partial charge in [0, 0.05) is 16.5 Å². The van der Waals surface area contributed by atoms with Crippen LogP contribution in [0.4, 0.5) is 5.69 Å². The van der Waals surface area contributed by atoms with E-state index in [1.807, 2.05) is 17.5 Å². The predicted molar refractivity (Wildman–Crippen MR) is 77.5 cm³/mol. The van der Waals surface area contributed by atoms with Crippen LogP contribution in [0.1, 0.15) is 15.2 Å². The molecule has 0 fully saturated rings. The van der Waals surface area contributed by atoms with Crippen molar-refractivity contribution in [3.8, 4) is 0 Å². The van der Waals surface area contributed by atoms with Crippen LogP contribution in [0, 0.1) is 10.1 Å². The number of hydrogen-bond donors (Lipinski definition) is 1. The van der Waals surface area contributed by atoms with E-state index in [1.165, 1.54) is 29.7 Å². The second-order valence-corrected chi connectivity index (χ2v) is 5.02. The lowest BCUT2D eigenvalue weighted by Crippen LogP contribution is -2.17. The highest BCUT2D eigenvalue weighted by Crippen LogP contribution is 2.24. The lowest BCUT2D eigenvalue weighted by atomic mass is 10.2. The van der Waals surface area contributed by atoms with Crippen LogP contribution in [0.3, 0.4) is 0 Å².